The first-order valence-electron chi connectivity index (χ1n) is 12.9. The number of rotatable bonds is 8. The Labute approximate surface area is 226 Å². The van der Waals surface area contributed by atoms with E-state index in [1.165, 1.54) is 6.07 Å². The highest BCUT2D eigenvalue weighted by molar-refractivity contribution is 5.72. The van der Waals surface area contributed by atoms with Crippen LogP contribution in [-0.2, 0) is 6.54 Å². The van der Waals surface area contributed by atoms with Gasteiger partial charge in [0.2, 0.25) is 0 Å². The zero-order valence-corrected chi connectivity index (χ0v) is 22.7. The molecule has 1 aliphatic rings. The van der Waals surface area contributed by atoms with E-state index in [0.717, 1.165) is 43.9 Å². The Morgan fingerprint density at radius 3 is 2.36 bits per heavy atom. The zero-order valence-electron chi connectivity index (χ0n) is 22.7. The molecular weight excluding hydrogens is 509 g/mol. The lowest BCUT2D eigenvalue weighted by Crippen LogP contribution is -2.43. The maximum absolute atomic E-state index is 12.9. The number of hydrogen-bond donors (Lipinski definition) is 3. The summed E-state index contributed by atoms with van der Waals surface area (Å²) < 4.78 is 40.4. The van der Waals surface area contributed by atoms with E-state index in [0.29, 0.717) is 16.8 Å². The summed E-state index contributed by atoms with van der Waals surface area (Å²) in [6.45, 7) is 13.0. The van der Waals surface area contributed by atoms with E-state index in [4.69, 9.17) is 0 Å². The molecule has 8 nitrogen and oxygen atoms in total. The average Bonchev–Trinajstić information content (AvgIpc) is 3.28. The molecule has 2 aromatic carbocycles. The van der Waals surface area contributed by atoms with E-state index in [1.54, 1.807) is 10.6 Å². The third-order valence-electron chi connectivity index (χ3n) is 6.95. The van der Waals surface area contributed by atoms with Gasteiger partial charge in [-0.1, -0.05) is 32.6 Å². The normalized spacial score (nSPS) is 15.2. The van der Waals surface area contributed by atoms with Crippen LogP contribution in [0.1, 0.15) is 42.3 Å². The minimum absolute atomic E-state index is 0.0563. The molecule has 1 aromatic heterocycles. The number of aryl methyl sites for hydroxylation is 1. The van der Waals surface area contributed by atoms with E-state index < -0.39 is 12.7 Å². The van der Waals surface area contributed by atoms with Crippen molar-refractivity contribution < 1.29 is 23.4 Å². The molecule has 4 rings (SSSR count). The molecule has 2 heterocycles. The second-order valence-electron chi connectivity index (χ2n) is 10.4. The van der Waals surface area contributed by atoms with Crippen LogP contribution in [0.15, 0.2) is 36.9 Å². The van der Waals surface area contributed by atoms with Gasteiger partial charge in [0.05, 0.1) is 16.9 Å². The summed E-state index contributed by atoms with van der Waals surface area (Å²) in [5.41, 5.74) is 3.43. The number of nitrogens with zero attached hydrogens (tertiary/aromatic N) is 5. The summed E-state index contributed by atoms with van der Waals surface area (Å²) in [6, 6.07) is 8.78. The highest BCUT2D eigenvalue weighted by Crippen LogP contribution is 2.39. The van der Waals surface area contributed by atoms with Crippen molar-refractivity contribution >= 4 is 5.70 Å². The van der Waals surface area contributed by atoms with Crippen molar-refractivity contribution in [3.8, 4) is 28.6 Å². The molecule has 1 fully saturated rings. The summed E-state index contributed by atoms with van der Waals surface area (Å²) in [7, 11) is 2.11. The topological polar surface area (TPSA) is 89.7 Å². The van der Waals surface area contributed by atoms with Gasteiger partial charge in [0.25, 0.3) is 0 Å². The van der Waals surface area contributed by atoms with Gasteiger partial charge in [-0.2, -0.15) is 13.2 Å². The highest BCUT2D eigenvalue weighted by Gasteiger charge is 2.29. The number of benzene rings is 2. The molecule has 3 N–H and O–H groups in total. The second kappa shape index (κ2) is 11.3. The van der Waals surface area contributed by atoms with Crippen molar-refractivity contribution in [2.24, 2.45) is 0 Å². The van der Waals surface area contributed by atoms with E-state index in [-0.39, 0.29) is 34.8 Å². The van der Waals surface area contributed by atoms with Gasteiger partial charge >= 0.3 is 6.18 Å². The molecule has 11 heteroatoms. The van der Waals surface area contributed by atoms with E-state index in [1.807, 2.05) is 39.0 Å². The van der Waals surface area contributed by atoms with Gasteiger partial charge < -0.3 is 20.4 Å². The van der Waals surface area contributed by atoms with Gasteiger partial charge in [-0.25, -0.2) is 0 Å². The van der Waals surface area contributed by atoms with Crippen LogP contribution in [0.5, 0.6) is 11.5 Å². The number of phenolic OH excluding ortho intramolecular Hbond substituents is 2. The molecule has 0 amide bonds. The van der Waals surface area contributed by atoms with Crippen molar-refractivity contribution in [1.82, 2.24) is 29.9 Å². The summed E-state index contributed by atoms with van der Waals surface area (Å²) in [5.74, 6) is -0.0373. The van der Waals surface area contributed by atoms with Crippen LogP contribution in [0.3, 0.4) is 0 Å². The maximum Gasteiger partial charge on any atom is 0.405 e. The van der Waals surface area contributed by atoms with Crippen LogP contribution in [0.2, 0.25) is 0 Å². The van der Waals surface area contributed by atoms with Crippen molar-refractivity contribution in [3.05, 3.63) is 59.4 Å². The first-order valence-corrected chi connectivity index (χ1v) is 12.9. The molecule has 3 aromatic rings. The number of hydrogen-bond acceptors (Lipinski definition) is 7. The monoisotopic (exact) mass is 544 g/mol. The Hall–Kier alpha value is -3.57. The largest absolute Gasteiger partial charge is 0.508 e. The van der Waals surface area contributed by atoms with Gasteiger partial charge in [0.15, 0.2) is 11.6 Å². The zero-order chi connectivity index (χ0) is 28.5. The molecule has 0 bridgehead atoms. The Morgan fingerprint density at radius 2 is 1.74 bits per heavy atom. The van der Waals surface area contributed by atoms with Gasteiger partial charge in [0, 0.05) is 38.8 Å². The fourth-order valence-corrected chi connectivity index (χ4v) is 4.73. The van der Waals surface area contributed by atoms with Crippen molar-refractivity contribution in [3.63, 3.8) is 0 Å². The Kier molecular flexibility index (Phi) is 8.22. The second-order valence-corrected chi connectivity index (χ2v) is 10.4. The van der Waals surface area contributed by atoms with Crippen LogP contribution in [0.4, 0.5) is 13.2 Å². The van der Waals surface area contributed by atoms with Gasteiger partial charge in [0.1, 0.15) is 18.0 Å². The number of nitrogens with one attached hydrogen (secondary N) is 1. The first kappa shape index (κ1) is 28.4. The molecule has 0 atom stereocenters. The summed E-state index contributed by atoms with van der Waals surface area (Å²) >= 11 is 0. The van der Waals surface area contributed by atoms with Crippen LogP contribution in [-0.4, -0.2) is 80.7 Å². The molecule has 39 heavy (non-hydrogen) atoms. The highest BCUT2D eigenvalue weighted by atomic mass is 19.4. The van der Waals surface area contributed by atoms with Gasteiger partial charge in [-0.05, 0) is 48.7 Å². The standard InChI is InChI=1S/C28H35F3N6O2/c1-17(2)21-13-22(25(39)14-24(21)38)27-34-33-26(19(4)32-16-28(29,30)31)37(27)23-7-6-20(12-18(23)3)15-36-10-8-35(5)9-11-36/h6-7,12-14,17,32,38-39H,4,8-11,15-16H2,1-3,5H3. The average molecular weight is 545 g/mol. The Bertz CT molecular complexity index is 1340. The van der Waals surface area contributed by atoms with Crippen LogP contribution < -0.4 is 5.32 Å². The van der Waals surface area contributed by atoms with E-state index >= 15 is 0 Å². The fraction of sp³-hybridized carbons (Fsp3) is 0.429. The Morgan fingerprint density at radius 1 is 1.05 bits per heavy atom. The number of aromatic nitrogens is 3. The summed E-state index contributed by atoms with van der Waals surface area (Å²) in [4.78, 5) is 4.68. The minimum atomic E-state index is -4.45. The SMILES string of the molecule is C=C(NCC(F)(F)F)c1nnc(-c2cc(C(C)C)c(O)cc2O)n1-c1ccc(CN2CCN(C)CC2)cc1C. The number of halogens is 3. The molecular formula is C28H35F3N6O2. The molecule has 1 saturated heterocycles. The number of alkyl halides is 3. The van der Waals surface area contributed by atoms with Gasteiger partial charge in [-0.3, -0.25) is 9.47 Å². The summed E-state index contributed by atoms with van der Waals surface area (Å²) in [6.07, 6.45) is -4.45. The quantitative estimate of drug-likeness (QED) is 0.381. The van der Waals surface area contributed by atoms with Crippen LogP contribution in [0, 0.1) is 6.92 Å². The predicted molar refractivity (Wildman–Crippen MR) is 145 cm³/mol. The third kappa shape index (κ3) is 6.54. The van der Waals surface area contributed by atoms with Gasteiger partial charge in [-0.15, -0.1) is 10.2 Å². The summed E-state index contributed by atoms with van der Waals surface area (Å²) in [5, 5.41) is 31.8. The third-order valence-corrected chi connectivity index (χ3v) is 6.95. The number of piperazine rings is 1. The predicted octanol–water partition coefficient (Wildman–Crippen LogP) is 4.65. The van der Waals surface area contributed by atoms with E-state index in [2.05, 4.69) is 38.9 Å². The molecule has 210 valence electrons. The number of phenols is 2. The molecule has 0 radical (unpaired) electrons. The number of likely N-dealkylation sites (N-methyl/N-ethyl adjacent to an activating group) is 1. The van der Waals surface area contributed by atoms with Crippen LogP contribution >= 0.6 is 0 Å². The van der Waals surface area contributed by atoms with Crippen molar-refractivity contribution in [1.29, 1.82) is 0 Å². The smallest absolute Gasteiger partial charge is 0.405 e. The Balaban J connectivity index is 1.78. The fourth-order valence-electron chi connectivity index (χ4n) is 4.73. The van der Waals surface area contributed by atoms with Crippen molar-refractivity contribution in [2.45, 2.75) is 39.4 Å². The molecule has 0 aliphatic carbocycles. The lowest BCUT2D eigenvalue weighted by Gasteiger charge is -2.32. The molecule has 0 unspecified atom stereocenters. The minimum Gasteiger partial charge on any atom is -0.508 e. The first-order chi connectivity index (χ1) is 18.3. The number of aromatic hydroxyl groups is 2. The van der Waals surface area contributed by atoms with E-state index in [9.17, 15) is 23.4 Å². The van der Waals surface area contributed by atoms with Crippen LogP contribution in [0.25, 0.3) is 22.8 Å². The van der Waals surface area contributed by atoms with Crippen molar-refractivity contribution in [2.75, 3.05) is 39.8 Å². The lowest BCUT2D eigenvalue weighted by molar-refractivity contribution is -0.122. The molecule has 0 saturated carbocycles. The lowest BCUT2D eigenvalue weighted by atomic mass is 9.98. The maximum atomic E-state index is 12.9. The molecule has 1 aliphatic heterocycles. The molecule has 0 spiro atoms.